The maximum Gasteiger partial charge on any atom is 0.313 e. The molecule has 2 amide bonds. The van der Waals surface area contributed by atoms with Crippen molar-refractivity contribution in [2.75, 3.05) is 12.4 Å². The predicted octanol–water partition coefficient (Wildman–Crippen LogP) is -0.981. The van der Waals surface area contributed by atoms with E-state index in [-0.39, 0.29) is 4.90 Å². The molecule has 0 saturated heterocycles. The molecule has 7 nitrogen and oxygen atoms in total. The van der Waals surface area contributed by atoms with Gasteiger partial charge in [-0.2, -0.15) is 0 Å². The van der Waals surface area contributed by atoms with Gasteiger partial charge in [0, 0.05) is 12.7 Å². The Morgan fingerprint density at radius 2 is 1.65 bits per heavy atom. The van der Waals surface area contributed by atoms with E-state index >= 15 is 0 Å². The first-order valence-electron chi connectivity index (χ1n) is 4.50. The summed E-state index contributed by atoms with van der Waals surface area (Å²) in [6.45, 7) is 0. The lowest BCUT2D eigenvalue weighted by Crippen LogP contribution is -2.32. The Bertz CT molecular complexity index is 536. The number of benzene rings is 1. The smallest absolute Gasteiger partial charge is 0.313 e. The molecule has 4 N–H and O–H groups in total. The first kappa shape index (κ1) is 13.1. The molecule has 0 saturated carbocycles. The van der Waals surface area contributed by atoms with Gasteiger partial charge < -0.3 is 10.6 Å². The zero-order chi connectivity index (χ0) is 13.1. The maximum atomic E-state index is 11.2. The van der Waals surface area contributed by atoms with Gasteiger partial charge in [0.1, 0.15) is 0 Å². The van der Waals surface area contributed by atoms with Crippen LogP contribution in [0.4, 0.5) is 5.69 Å². The number of anilines is 1. The molecule has 0 aliphatic carbocycles. The summed E-state index contributed by atoms with van der Waals surface area (Å²) in [6, 6.07) is 5.13. The highest BCUT2D eigenvalue weighted by Gasteiger charge is 2.12. The van der Waals surface area contributed by atoms with Crippen LogP contribution < -0.4 is 15.8 Å². The summed E-state index contributed by atoms with van der Waals surface area (Å²) in [4.78, 5) is 22.0. The third kappa shape index (κ3) is 3.54. The molecule has 8 heteroatoms. The number of carbonyl (C=O) groups excluding carboxylic acids is 2. The van der Waals surface area contributed by atoms with Gasteiger partial charge in [0.15, 0.2) is 0 Å². The number of primary sulfonamides is 1. The third-order valence-corrected chi connectivity index (χ3v) is 2.80. The van der Waals surface area contributed by atoms with Gasteiger partial charge in [-0.25, -0.2) is 13.6 Å². The van der Waals surface area contributed by atoms with E-state index in [1.54, 1.807) is 0 Å². The number of sulfonamides is 1. The number of hydrogen-bond donors (Lipinski definition) is 3. The number of rotatable bonds is 2. The Morgan fingerprint density at radius 1 is 1.12 bits per heavy atom. The maximum absolute atomic E-state index is 11.2. The quantitative estimate of drug-likeness (QED) is 0.590. The van der Waals surface area contributed by atoms with Gasteiger partial charge in [0.05, 0.1) is 4.90 Å². The van der Waals surface area contributed by atoms with Crippen LogP contribution >= 0.6 is 0 Å². The van der Waals surface area contributed by atoms with Crippen LogP contribution in [0.15, 0.2) is 29.2 Å². The molecule has 1 aromatic carbocycles. The van der Waals surface area contributed by atoms with E-state index in [0.717, 1.165) is 0 Å². The minimum absolute atomic E-state index is 0.0737. The number of amides is 2. The van der Waals surface area contributed by atoms with Crippen molar-refractivity contribution in [3.05, 3.63) is 24.3 Å². The Hall–Kier alpha value is -1.93. The highest BCUT2D eigenvalue weighted by atomic mass is 32.2. The second kappa shape index (κ2) is 4.93. The fraction of sp³-hybridized carbons (Fsp3) is 0.111. The summed E-state index contributed by atoms with van der Waals surface area (Å²) in [5.41, 5.74) is 0.297. The van der Waals surface area contributed by atoms with Gasteiger partial charge in [-0.3, -0.25) is 9.59 Å². The summed E-state index contributed by atoms with van der Waals surface area (Å²) in [7, 11) is -2.44. The molecular weight excluding hydrogens is 246 g/mol. The first-order chi connectivity index (χ1) is 7.84. The first-order valence-corrected chi connectivity index (χ1v) is 6.05. The SMILES string of the molecule is CNC(=O)C(=O)Nc1ccc(S(N)(=O)=O)cc1. The summed E-state index contributed by atoms with van der Waals surface area (Å²) in [5.74, 6) is -1.63. The standard InChI is InChI=1S/C9H11N3O4S/c1-11-8(13)9(14)12-6-2-4-7(5-3-6)17(10,15)16/h2-5H,1H3,(H,11,13)(H,12,14)(H2,10,15,16). The summed E-state index contributed by atoms with van der Waals surface area (Å²) < 4.78 is 21.9. The van der Waals surface area contributed by atoms with E-state index in [4.69, 9.17) is 5.14 Å². The molecule has 92 valence electrons. The number of carbonyl (C=O) groups is 2. The van der Waals surface area contributed by atoms with E-state index in [1.807, 2.05) is 0 Å². The molecule has 0 spiro atoms. The zero-order valence-corrected chi connectivity index (χ0v) is 9.74. The molecule has 1 rings (SSSR count). The van der Waals surface area contributed by atoms with Crippen LogP contribution in [-0.4, -0.2) is 27.3 Å². The lowest BCUT2D eigenvalue weighted by molar-refractivity contribution is -0.135. The molecule has 0 heterocycles. The van der Waals surface area contributed by atoms with Gasteiger partial charge in [-0.05, 0) is 24.3 Å². The number of likely N-dealkylation sites (N-methyl/N-ethyl adjacent to an activating group) is 1. The minimum atomic E-state index is -3.76. The summed E-state index contributed by atoms with van der Waals surface area (Å²) in [5, 5.41) is 9.34. The van der Waals surface area contributed by atoms with Crippen LogP contribution in [0.1, 0.15) is 0 Å². The molecule has 17 heavy (non-hydrogen) atoms. The van der Waals surface area contributed by atoms with Crippen molar-refractivity contribution in [2.45, 2.75) is 4.90 Å². The molecule has 0 unspecified atom stereocenters. The lowest BCUT2D eigenvalue weighted by Gasteiger charge is -2.04. The van der Waals surface area contributed by atoms with Gasteiger partial charge in [0.2, 0.25) is 10.0 Å². The average molecular weight is 257 g/mol. The predicted molar refractivity (Wildman–Crippen MR) is 60.5 cm³/mol. The lowest BCUT2D eigenvalue weighted by atomic mass is 10.3. The molecule has 1 aromatic rings. The van der Waals surface area contributed by atoms with Crippen LogP contribution in [0.3, 0.4) is 0 Å². The van der Waals surface area contributed by atoms with Crippen LogP contribution in [0.25, 0.3) is 0 Å². The monoisotopic (exact) mass is 257 g/mol. The highest BCUT2D eigenvalue weighted by molar-refractivity contribution is 7.89. The van der Waals surface area contributed by atoms with Crippen molar-refractivity contribution < 1.29 is 18.0 Å². The molecule has 0 aliphatic rings. The van der Waals surface area contributed by atoms with Crippen molar-refractivity contribution in [3.8, 4) is 0 Å². The summed E-state index contributed by atoms with van der Waals surface area (Å²) >= 11 is 0. The molecule has 0 fully saturated rings. The third-order valence-electron chi connectivity index (χ3n) is 1.87. The Balaban J connectivity index is 2.83. The van der Waals surface area contributed by atoms with Crippen LogP contribution in [0.5, 0.6) is 0 Å². The fourth-order valence-corrected chi connectivity index (χ4v) is 1.54. The van der Waals surface area contributed by atoms with Crippen molar-refractivity contribution in [3.63, 3.8) is 0 Å². The van der Waals surface area contributed by atoms with Crippen LogP contribution in [0.2, 0.25) is 0 Å². The molecular formula is C9H11N3O4S. The van der Waals surface area contributed by atoms with E-state index in [0.29, 0.717) is 5.69 Å². The normalized spacial score (nSPS) is 10.7. The molecule has 0 aromatic heterocycles. The van der Waals surface area contributed by atoms with Crippen molar-refractivity contribution >= 4 is 27.5 Å². The molecule has 0 aliphatic heterocycles. The van der Waals surface area contributed by atoms with Crippen molar-refractivity contribution in [1.29, 1.82) is 0 Å². The fourth-order valence-electron chi connectivity index (χ4n) is 1.03. The van der Waals surface area contributed by atoms with E-state index < -0.39 is 21.8 Å². The minimum Gasteiger partial charge on any atom is -0.351 e. The second-order valence-electron chi connectivity index (χ2n) is 3.10. The van der Waals surface area contributed by atoms with E-state index in [1.165, 1.54) is 31.3 Å². The van der Waals surface area contributed by atoms with Gasteiger partial charge in [0.25, 0.3) is 0 Å². The molecule has 0 radical (unpaired) electrons. The summed E-state index contributed by atoms with van der Waals surface area (Å²) in [6.07, 6.45) is 0. The van der Waals surface area contributed by atoms with Crippen LogP contribution in [-0.2, 0) is 19.6 Å². The van der Waals surface area contributed by atoms with E-state index in [9.17, 15) is 18.0 Å². The zero-order valence-electron chi connectivity index (χ0n) is 8.93. The average Bonchev–Trinajstić information content (AvgIpc) is 2.27. The Kier molecular flexibility index (Phi) is 3.81. The van der Waals surface area contributed by atoms with Gasteiger partial charge in [-0.15, -0.1) is 0 Å². The highest BCUT2D eigenvalue weighted by Crippen LogP contribution is 2.12. The van der Waals surface area contributed by atoms with E-state index in [2.05, 4.69) is 10.6 Å². The number of hydrogen-bond acceptors (Lipinski definition) is 4. The van der Waals surface area contributed by atoms with Crippen molar-refractivity contribution in [2.24, 2.45) is 5.14 Å². The molecule has 0 bridgehead atoms. The largest absolute Gasteiger partial charge is 0.351 e. The Labute approximate surface area is 98.0 Å². The van der Waals surface area contributed by atoms with Crippen molar-refractivity contribution in [1.82, 2.24) is 5.32 Å². The second-order valence-corrected chi connectivity index (χ2v) is 4.66. The van der Waals surface area contributed by atoms with Gasteiger partial charge >= 0.3 is 11.8 Å². The number of nitrogens with one attached hydrogen (secondary N) is 2. The number of nitrogens with two attached hydrogens (primary N) is 1. The topological polar surface area (TPSA) is 118 Å². The molecule has 0 atom stereocenters. The van der Waals surface area contributed by atoms with Gasteiger partial charge in [-0.1, -0.05) is 0 Å². The van der Waals surface area contributed by atoms with Crippen LogP contribution in [0, 0.1) is 0 Å². The Morgan fingerprint density at radius 3 is 2.06 bits per heavy atom.